The zero-order valence-electron chi connectivity index (χ0n) is 17.0. The summed E-state index contributed by atoms with van der Waals surface area (Å²) in [5.41, 5.74) is 1.23. The maximum Gasteiger partial charge on any atom is 0.272 e. The Balaban J connectivity index is 1.62. The second kappa shape index (κ2) is 8.44. The number of hydrogen-bond donors (Lipinski definition) is 1. The zero-order valence-corrected chi connectivity index (χ0v) is 17.8. The van der Waals surface area contributed by atoms with Crippen LogP contribution in [-0.2, 0) is 10.0 Å². The number of fused-ring (bicyclic) bond motifs is 1. The maximum absolute atomic E-state index is 13.1. The third-order valence-corrected chi connectivity index (χ3v) is 7.47. The molecule has 0 aromatic carbocycles. The first-order valence-electron chi connectivity index (χ1n) is 10.7. The summed E-state index contributed by atoms with van der Waals surface area (Å²) in [6.07, 6.45) is 11.7. The number of nitrogens with one attached hydrogen (secondary N) is 1. The number of aromatic nitrogens is 2. The first-order valence-corrected chi connectivity index (χ1v) is 12.5. The van der Waals surface area contributed by atoms with Crippen molar-refractivity contribution in [3.05, 3.63) is 35.9 Å². The molecule has 1 N–H and O–H groups in total. The van der Waals surface area contributed by atoms with E-state index in [2.05, 4.69) is 5.32 Å². The van der Waals surface area contributed by atoms with Gasteiger partial charge in [0.25, 0.3) is 5.91 Å². The number of hydrogen-bond acceptors (Lipinski definition) is 4. The van der Waals surface area contributed by atoms with Crippen molar-refractivity contribution in [2.24, 2.45) is 0 Å². The third-order valence-electron chi connectivity index (χ3n) is 6.20. The molecule has 0 unspecified atom stereocenters. The van der Waals surface area contributed by atoms with Crippen molar-refractivity contribution in [1.82, 2.24) is 19.0 Å². The Bertz CT molecular complexity index is 977. The van der Waals surface area contributed by atoms with E-state index in [0.29, 0.717) is 18.8 Å². The fraction of sp³-hybridized carbons (Fsp3) is 0.619. The van der Waals surface area contributed by atoms with Gasteiger partial charge in [0.15, 0.2) is 5.69 Å². The molecule has 2 fully saturated rings. The number of amides is 1. The lowest BCUT2D eigenvalue weighted by molar-refractivity contribution is 0.0930. The molecule has 158 valence electrons. The molecular weight excluding hydrogens is 388 g/mol. The molecule has 3 heterocycles. The highest BCUT2D eigenvalue weighted by atomic mass is 32.2. The topological polar surface area (TPSA) is 83.8 Å². The largest absolute Gasteiger partial charge is 0.348 e. The van der Waals surface area contributed by atoms with Gasteiger partial charge in [0, 0.05) is 31.2 Å². The zero-order chi connectivity index (χ0) is 20.4. The monoisotopic (exact) mass is 418 g/mol. The van der Waals surface area contributed by atoms with Crippen LogP contribution in [0.5, 0.6) is 0 Å². The smallest absolute Gasteiger partial charge is 0.272 e. The summed E-state index contributed by atoms with van der Waals surface area (Å²) >= 11 is 0. The van der Waals surface area contributed by atoms with Crippen LogP contribution in [0.3, 0.4) is 0 Å². The molecule has 1 atom stereocenters. The Kier molecular flexibility index (Phi) is 5.92. The molecule has 1 saturated carbocycles. The summed E-state index contributed by atoms with van der Waals surface area (Å²) < 4.78 is 27.5. The normalized spacial score (nSPS) is 22.4. The molecule has 1 amide bonds. The molecule has 4 rings (SSSR count). The number of piperidine rings is 1. The van der Waals surface area contributed by atoms with E-state index in [0.717, 1.165) is 49.9 Å². The number of pyridine rings is 1. The fourth-order valence-corrected chi connectivity index (χ4v) is 5.56. The number of rotatable bonds is 4. The second-order valence-electron chi connectivity index (χ2n) is 8.40. The van der Waals surface area contributed by atoms with Gasteiger partial charge < -0.3 is 9.72 Å². The molecule has 7 nitrogen and oxygen atoms in total. The van der Waals surface area contributed by atoms with Crippen LogP contribution in [0.15, 0.2) is 24.4 Å². The summed E-state index contributed by atoms with van der Waals surface area (Å²) in [6.45, 7) is 0.962. The number of imidazole rings is 1. The maximum atomic E-state index is 13.1. The van der Waals surface area contributed by atoms with E-state index >= 15 is 0 Å². The molecule has 2 aromatic rings. The van der Waals surface area contributed by atoms with E-state index in [1.807, 2.05) is 28.8 Å². The van der Waals surface area contributed by atoms with Gasteiger partial charge in [0.1, 0.15) is 5.82 Å². The lowest BCUT2D eigenvalue weighted by Crippen LogP contribution is -2.38. The van der Waals surface area contributed by atoms with Crippen molar-refractivity contribution < 1.29 is 13.2 Å². The molecule has 1 saturated heterocycles. The van der Waals surface area contributed by atoms with Gasteiger partial charge in [0.2, 0.25) is 10.0 Å². The van der Waals surface area contributed by atoms with Gasteiger partial charge in [-0.2, -0.15) is 0 Å². The Morgan fingerprint density at radius 3 is 2.59 bits per heavy atom. The summed E-state index contributed by atoms with van der Waals surface area (Å²) in [5, 5.41) is 3.20. The van der Waals surface area contributed by atoms with Crippen molar-refractivity contribution in [1.29, 1.82) is 0 Å². The minimum atomic E-state index is -3.24. The van der Waals surface area contributed by atoms with Crippen LogP contribution in [0.4, 0.5) is 0 Å². The molecule has 2 aliphatic rings. The van der Waals surface area contributed by atoms with Gasteiger partial charge in [-0.1, -0.05) is 31.7 Å². The van der Waals surface area contributed by atoms with E-state index in [1.165, 1.54) is 23.4 Å². The molecule has 0 spiro atoms. The van der Waals surface area contributed by atoms with Crippen LogP contribution >= 0.6 is 0 Å². The average Bonchev–Trinajstić information content (AvgIpc) is 2.91. The molecule has 8 heteroatoms. The highest BCUT2D eigenvalue weighted by Crippen LogP contribution is 2.29. The lowest BCUT2D eigenvalue weighted by atomic mass is 9.99. The first-order chi connectivity index (χ1) is 13.9. The Morgan fingerprint density at radius 1 is 1.10 bits per heavy atom. The Hall–Kier alpha value is -1.93. The van der Waals surface area contributed by atoms with Gasteiger partial charge in [-0.3, -0.25) is 4.79 Å². The standard InChI is InChI=1S/C21H30N4O3S/c1-29(27,28)24-13-8-9-16(15-24)20-23-19(18-12-6-7-14-25(18)20)21(26)22-17-10-4-2-3-5-11-17/h6-7,12,14,16-17H,2-5,8-11,13,15H2,1H3,(H,22,26)/t16-/m0/s1. The number of carbonyl (C=O) groups is 1. The van der Waals surface area contributed by atoms with Crippen molar-refractivity contribution in [2.75, 3.05) is 19.3 Å². The summed E-state index contributed by atoms with van der Waals surface area (Å²) in [7, 11) is -3.24. The van der Waals surface area contributed by atoms with Crippen LogP contribution in [-0.4, -0.2) is 53.4 Å². The lowest BCUT2D eigenvalue weighted by Gasteiger charge is -2.30. The average molecular weight is 419 g/mol. The van der Waals surface area contributed by atoms with E-state index in [9.17, 15) is 13.2 Å². The molecule has 0 radical (unpaired) electrons. The minimum absolute atomic E-state index is 0.0206. The highest BCUT2D eigenvalue weighted by molar-refractivity contribution is 7.88. The van der Waals surface area contributed by atoms with Crippen LogP contribution < -0.4 is 5.32 Å². The van der Waals surface area contributed by atoms with Gasteiger partial charge in [-0.05, 0) is 37.8 Å². The Morgan fingerprint density at radius 2 is 1.86 bits per heavy atom. The van der Waals surface area contributed by atoms with Crippen molar-refractivity contribution in [2.45, 2.75) is 63.3 Å². The summed E-state index contributed by atoms with van der Waals surface area (Å²) in [6, 6.07) is 5.95. The molecule has 1 aliphatic heterocycles. The molecule has 2 aromatic heterocycles. The van der Waals surface area contributed by atoms with Crippen LogP contribution in [0.25, 0.3) is 5.52 Å². The van der Waals surface area contributed by atoms with E-state index in [4.69, 9.17) is 4.98 Å². The summed E-state index contributed by atoms with van der Waals surface area (Å²) in [5.74, 6) is 0.635. The van der Waals surface area contributed by atoms with Crippen molar-refractivity contribution in [3.8, 4) is 0 Å². The minimum Gasteiger partial charge on any atom is -0.348 e. The number of sulfonamides is 1. The van der Waals surface area contributed by atoms with Crippen LogP contribution in [0.1, 0.15) is 73.6 Å². The number of nitrogens with zero attached hydrogens (tertiary/aromatic N) is 3. The van der Waals surface area contributed by atoms with Crippen LogP contribution in [0.2, 0.25) is 0 Å². The first kappa shape index (κ1) is 20.3. The summed E-state index contributed by atoms with van der Waals surface area (Å²) in [4.78, 5) is 17.8. The van der Waals surface area contributed by atoms with Gasteiger partial charge in [-0.15, -0.1) is 0 Å². The fourth-order valence-electron chi connectivity index (χ4n) is 4.65. The highest BCUT2D eigenvalue weighted by Gasteiger charge is 2.31. The quantitative estimate of drug-likeness (QED) is 0.774. The Labute approximate surface area is 172 Å². The van der Waals surface area contributed by atoms with E-state index in [1.54, 1.807) is 0 Å². The number of carbonyl (C=O) groups excluding carboxylic acids is 1. The SMILES string of the molecule is CS(=O)(=O)N1CCC[C@H](c2nc(C(=O)NC3CCCCCC3)c3ccccn23)C1. The predicted octanol–water partition coefficient (Wildman–Crippen LogP) is 2.93. The van der Waals surface area contributed by atoms with Crippen LogP contribution in [0, 0.1) is 0 Å². The van der Waals surface area contributed by atoms with Gasteiger partial charge in [-0.25, -0.2) is 17.7 Å². The molecule has 29 heavy (non-hydrogen) atoms. The second-order valence-corrected chi connectivity index (χ2v) is 10.4. The van der Waals surface area contributed by atoms with Gasteiger partial charge >= 0.3 is 0 Å². The molecule has 0 bridgehead atoms. The van der Waals surface area contributed by atoms with E-state index < -0.39 is 10.0 Å². The predicted molar refractivity (Wildman–Crippen MR) is 113 cm³/mol. The van der Waals surface area contributed by atoms with E-state index in [-0.39, 0.29) is 17.9 Å². The molecular formula is C21H30N4O3S. The third kappa shape index (κ3) is 4.48. The molecule has 1 aliphatic carbocycles. The van der Waals surface area contributed by atoms with Gasteiger partial charge in [0.05, 0.1) is 11.8 Å². The van der Waals surface area contributed by atoms with Crippen molar-refractivity contribution in [3.63, 3.8) is 0 Å². The van der Waals surface area contributed by atoms with Crippen molar-refractivity contribution >= 4 is 21.4 Å².